The van der Waals surface area contributed by atoms with Crippen LogP contribution in [-0.2, 0) is 0 Å². The van der Waals surface area contributed by atoms with E-state index in [-0.39, 0.29) is 5.69 Å². The van der Waals surface area contributed by atoms with Gasteiger partial charge in [-0.2, -0.15) is 5.10 Å². The van der Waals surface area contributed by atoms with Crippen LogP contribution in [0.25, 0.3) is 0 Å². The molecule has 2 aromatic rings. The number of nitrogens with zero attached hydrogens (tertiary/aromatic N) is 3. The van der Waals surface area contributed by atoms with Crippen LogP contribution in [0.1, 0.15) is 15.9 Å². The van der Waals surface area contributed by atoms with Gasteiger partial charge in [-0.3, -0.25) is 19.9 Å². The van der Waals surface area contributed by atoms with Gasteiger partial charge in [0.2, 0.25) is 0 Å². The van der Waals surface area contributed by atoms with E-state index in [1.54, 1.807) is 24.5 Å². The van der Waals surface area contributed by atoms with Gasteiger partial charge in [-0.1, -0.05) is 6.07 Å². The van der Waals surface area contributed by atoms with Crippen molar-refractivity contribution in [3.8, 4) is 0 Å². The molecular weight excluding hydrogens is 260 g/mol. The summed E-state index contributed by atoms with van der Waals surface area (Å²) in [5.41, 5.74) is 3.30. The quantitative estimate of drug-likeness (QED) is 0.520. The highest BCUT2D eigenvalue weighted by molar-refractivity contribution is 5.95. The van der Waals surface area contributed by atoms with E-state index in [0.717, 1.165) is 5.56 Å². The molecule has 0 atom stereocenters. The zero-order valence-corrected chi connectivity index (χ0v) is 10.3. The van der Waals surface area contributed by atoms with Crippen LogP contribution < -0.4 is 5.43 Å². The Labute approximate surface area is 114 Å². The average Bonchev–Trinajstić information content (AvgIpc) is 2.48. The van der Waals surface area contributed by atoms with E-state index in [1.807, 2.05) is 0 Å². The van der Waals surface area contributed by atoms with Gasteiger partial charge in [-0.05, 0) is 18.2 Å². The first kappa shape index (κ1) is 13.3. The second-order valence-corrected chi connectivity index (χ2v) is 3.79. The number of benzene rings is 1. The lowest BCUT2D eigenvalue weighted by Gasteiger charge is -1.99. The third-order valence-electron chi connectivity index (χ3n) is 2.40. The van der Waals surface area contributed by atoms with Crippen LogP contribution in [0, 0.1) is 10.1 Å². The van der Waals surface area contributed by atoms with Crippen molar-refractivity contribution in [3.63, 3.8) is 0 Å². The largest absolute Gasteiger partial charge is 0.271 e. The predicted octanol–water partition coefficient (Wildman–Crippen LogP) is 1.75. The van der Waals surface area contributed by atoms with Gasteiger partial charge in [-0.25, -0.2) is 5.43 Å². The van der Waals surface area contributed by atoms with Crippen molar-refractivity contribution in [1.82, 2.24) is 10.4 Å². The number of nitro groups is 1. The summed E-state index contributed by atoms with van der Waals surface area (Å²) < 4.78 is 0. The van der Waals surface area contributed by atoms with E-state index in [2.05, 4.69) is 15.5 Å². The number of pyridine rings is 1. The first-order chi connectivity index (χ1) is 9.66. The Hall–Kier alpha value is -3.09. The third kappa shape index (κ3) is 3.45. The van der Waals surface area contributed by atoms with Crippen LogP contribution in [0.4, 0.5) is 5.69 Å². The number of hydrogen-bond acceptors (Lipinski definition) is 5. The van der Waals surface area contributed by atoms with E-state index >= 15 is 0 Å². The first-order valence-electron chi connectivity index (χ1n) is 5.65. The van der Waals surface area contributed by atoms with Crippen molar-refractivity contribution in [2.24, 2.45) is 5.10 Å². The van der Waals surface area contributed by atoms with Gasteiger partial charge in [-0.15, -0.1) is 0 Å². The Morgan fingerprint density at radius 2 is 2.05 bits per heavy atom. The number of carbonyl (C=O) groups excluding carboxylic acids is 1. The minimum absolute atomic E-state index is 0.0691. The van der Waals surface area contributed by atoms with Gasteiger partial charge in [0.15, 0.2) is 0 Å². The Morgan fingerprint density at radius 1 is 1.30 bits per heavy atom. The zero-order chi connectivity index (χ0) is 14.4. The number of hydrogen-bond donors (Lipinski definition) is 1. The van der Waals surface area contributed by atoms with Crippen LogP contribution >= 0.6 is 0 Å². The lowest BCUT2D eigenvalue weighted by Crippen LogP contribution is -2.17. The minimum Gasteiger partial charge on any atom is -0.267 e. The molecule has 0 radical (unpaired) electrons. The van der Waals surface area contributed by atoms with Gasteiger partial charge < -0.3 is 0 Å². The number of rotatable bonds is 4. The molecule has 20 heavy (non-hydrogen) atoms. The van der Waals surface area contributed by atoms with Gasteiger partial charge >= 0.3 is 0 Å². The third-order valence-corrected chi connectivity index (χ3v) is 2.40. The SMILES string of the molecule is O=C(N/N=C\c1cccnc1)c1ccc([N+](=O)[O-])cc1. The fourth-order valence-electron chi connectivity index (χ4n) is 1.42. The molecule has 7 heteroatoms. The lowest BCUT2D eigenvalue weighted by molar-refractivity contribution is -0.384. The fourth-order valence-corrected chi connectivity index (χ4v) is 1.42. The summed E-state index contributed by atoms with van der Waals surface area (Å²) in [4.78, 5) is 25.6. The number of amides is 1. The van der Waals surface area contributed by atoms with Gasteiger partial charge in [0.1, 0.15) is 0 Å². The van der Waals surface area contributed by atoms with E-state index in [1.165, 1.54) is 30.5 Å². The molecule has 0 bridgehead atoms. The molecule has 2 rings (SSSR count). The molecule has 7 nitrogen and oxygen atoms in total. The zero-order valence-electron chi connectivity index (χ0n) is 10.3. The number of carbonyl (C=O) groups is 1. The highest BCUT2D eigenvalue weighted by Gasteiger charge is 2.08. The highest BCUT2D eigenvalue weighted by Crippen LogP contribution is 2.11. The monoisotopic (exact) mass is 270 g/mol. The fraction of sp³-hybridized carbons (Fsp3) is 0. The van der Waals surface area contributed by atoms with Gasteiger partial charge in [0.25, 0.3) is 11.6 Å². The number of aromatic nitrogens is 1. The first-order valence-corrected chi connectivity index (χ1v) is 5.65. The molecule has 0 aliphatic rings. The predicted molar refractivity (Wildman–Crippen MR) is 72.4 cm³/mol. The standard InChI is InChI=1S/C13H10N4O3/c18-13(11-3-5-12(6-4-11)17(19)20)16-15-9-10-2-1-7-14-8-10/h1-9H,(H,16,18)/b15-9-. The van der Waals surface area contributed by atoms with E-state index < -0.39 is 10.8 Å². The summed E-state index contributed by atoms with van der Waals surface area (Å²) in [6.07, 6.45) is 4.69. The minimum atomic E-state index is -0.526. The molecule has 1 amide bonds. The summed E-state index contributed by atoms with van der Waals surface area (Å²) in [6.45, 7) is 0. The van der Waals surface area contributed by atoms with Crippen molar-refractivity contribution in [1.29, 1.82) is 0 Å². The van der Waals surface area contributed by atoms with Crippen molar-refractivity contribution in [2.45, 2.75) is 0 Å². The summed E-state index contributed by atoms with van der Waals surface area (Å²) in [5.74, 6) is -0.444. The number of nitro benzene ring substituents is 1. The van der Waals surface area contributed by atoms with E-state index in [4.69, 9.17) is 0 Å². The van der Waals surface area contributed by atoms with Crippen LogP contribution in [0.5, 0.6) is 0 Å². The van der Waals surface area contributed by atoms with Gasteiger partial charge in [0, 0.05) is 35.7 Å². The maximum atomic E-state index is 11.7. The molecule has 1 aromatic heterocycles. The topological polar surface area (TPSA) is 97.5 Å². The second kappa shape index (κ2) is 6.19. The molecule has 100 valence electrons. The van der Waals surface area contributed by atoms with Crippen LogP contribution in [0.2, 0.25) is 0 Å². The van der Waals surface area contributed by atoms with Crippen molar-refractivity contribution in [2.75, 3.05) is 0 Å². The number of nitrogens with one attached hydrogen (secondary N) is 1. The molecule has 0 fully saturated rings. The molecule has 0 saturated carbocycles. The van der Waals surface area contributed by atoms with Crippen LogP contribution in [0.15, 0.2) is 53.9 Å². The summed E-state index contributed by atoms with van der Waals surface area (Å²) in [7, 11) is 0. The maximum Gasteiger partial charge on any atom is 0.271 e. The molecule has 0 aliphatic carbocycles. The maximum absolute atomic E-state index is 11.7. The number of hydrazone groups is 1. The molecule has 0 spiro atoms. The second-order valence-electron chi connectivity index (χ2n) is 3.79. The summed E-state index contributed by atoms with van der Waals surface area (Å²) in [5, 5.41) is 14.3. The summed E-state index contributed by atoms with van der Waals surface area (Å²) in [6, 6.07) is 8.80. The molecule has 1 N–H and O–H groups in total. The Kier molecular flexibility index (Phi) is 4.13. The highest BCUT2D eigenvalue weighted by atomic mass is 16.6. The molecular formula is C13H10N4O3. The van der Waals surface area contributed by atoms with Gasteiger partial charge in [0.05, 0.1) is 11.1 Å². The van der Waals surface area contributed by atoms with Crippen LogP contribution in [-0.4, -0.2) is 22.0 Å². The Balaban J connectivity index is 1.98. The molecule has 0 saturated heterocycles. The molecule has 0 unspecified atom stereocenters. The Morgan fingerprint density at radius 3 is 2.65 bits per heavy atom. The lowest BCUT2D eigenvalue weighted by atomic mass is 10.2. The van der Waals surface area contributed by atoms with Crippen molar-refractivity contribution < 1.29 is 9.72 Å². The van der Waals surface area contributed by atoms with E-state index in [0.29, 0.717) is 5.56 Å². The van der Waals surface area contributed by atoms with Crippen molar-refractivity contribution in [3.05, 3.63) is 70.0 Å². The molecule has 1 heterocycles. The van der Waals surface area contributed by atoms with E-state index in [9.17, 15) is 14.9 Å². The molecule has 1 aromatic carbocycles. The molecule has 0 aliphatic heterocycles. The number of non-ortho nitro benzene ring substituents is 1. The van der Waals surface area contributed by atoms with Crippen LogP contribution in [0.3, 0.4) is 0 Å². The van der Waals surface area contributed by atoms with Crippen molar-refractivity contribution >= 4 is 17.8 Å². The average molecular weight is 270 g/mol. The Bertz CT molecular complexity index is 638. The normalized spacial score (nSPS) is 10.4. The smallest absolute Gasteiger partial charge is 0.267 e. The summed E-state index contributed by atoms with van der Waals surface area (Å²) >= 11 is 0.